The summed E-state index contributed by atoms with van der Waals surface area (Å²) < 4.78 is 0. The first kappa shape index (κ1) is 21.7. The molecule has 0 amide bonds. The van der Waals surface area contributed by atoms with Crippen molar-refractivity contribution in [3.63, 3.8) is 0 Å². The number of nitrogens with one attached hydrogen (secondary N) is 2. The van der Waals surface area contributed by atoms with Gasteiger partial charge in [-0.25, -0.2) is 0 Å². The van der Waals surface area contributed by atoms with Gasteiger partial charge in [-0.1, -0.05) is 23.7 Å². The lowest BCUT2D eigenvalue weighted by Gasteiger charge is -2.20. The Labute approximate surface area is 178 Å². The predicted octanol–water partition coefficient (Wildman–Crippen LogP) is 3.17. The van der Waals surface area contributed by atoms with Crippen LogP contribution in [0.4, 0.5) is 0 Å². The molecule has 0 spiro atoms. The van der Waals surface area contributed by atoms with Gasteiger partial charge < -0.3 is 15.7 Å². The normalized spacial score (nSPS) is 24.8. The molecule has 1 aromatic carbocycles. The van der Waals surface area contributed by atoms with Gasteiger partial charge in [-0.3, -0.25) is 9.89 Å². The molecule has 1 saturated carbocycles. The number of rotatable bonds is 6. The van der Waals surface area contributed by atoms with Crippen LogP contribution in [0.1, 0.15) is 44.8 Å². The van der Waals surface area contributed by atoms with E-state index in [4.69, 9.17) is 11.6 Å². The van der Waals surface area contributed by atoms with Crippen molar-refractivity contribution in [2.75, 3.05) is 19.6 Å². The smallest absolute Gasteiger partial charge is 0.191 e. The van der Waals surface area contributed by atoms with E-state index >= 15 is 0 Å². The summed E-state index contributed by atoms with van der Waals surface area (Å²) in [5, 5.41) is 17.8. The molecule has 1 aliphatic heterocycles. The Morgan fingerprint density at radius 2 is 2.04 bits per heavy atom. The standard InChI is InChI=1S/C19H29ClN4O.HI/c1-3-21-19(22-11-18(25)14-4-6-15(20)7-5-14)23-16-10-13(2)24(12-16)17-8-9-17;/h4-7,13,16-18,25H,3,8-12H2,1-2H3,(H2,21,22,23);1H. The molecule has 3 atom stereocenters. The third-order valence-electron chi connectivity index (χ3n) is 5.00. The maximum absolute atomic E-state index is 10.3. The first-order chi connectivity index (χ1) is 12.1. The van der Waals surface area contributed by atoms with Crippen LogP contribution >= 0.6 is 35.6 Å². The first-order valence-corrected chi connectivity index (χ1v) is 9.68. The average Bonchev–Trinajstić information content (AvgIpc) is 3.37. The van der Waals surface area contributed by atoms with Crippen LogP contribution in [0.2, 0.25) is 5.02 Å². The van der Waals surface area contributed by atoms with Crippen LogP contribution in [0.3, 0.4) is 0 Å². The summed E-state index contributed by atoms with van der Waals surface area (Å²) in [6, 6.07) is 9.12. The fourth-order valence-corrected chi connectivity index (χ4v) is 3.68. The highest BCUT2D eigenvalue weighted by molar-refractivity contribution is 14.0. The summed E-state index contributed by atoms with van der Waals surface area (Å²) in [5.41, 5.74) is 0.832. The average molecular weight is 493 g/mol. The van der Waals surface area contributed by atoms with Gasteiger partial charge in [0.05, 0.1) is 12.6 Å². The van der Waals surface area contributed by atoms with Gasteiger partial charge in [0.15, 0.2) is 5.96 Å². The van der Waals surface area contributed by atoms with E-state index in [0.717, 1.165) is 37.1 Å². The Balaban J connectivity index is 0.00000243. The molecule has 3 rings (SSSR count). The molecule has 5 nitrogen and oxygen atoms in total. The molecule has 2 fully saturated rings. The number of guanidine groups is 1. The number of halogens is 2. The molecule has 1 aliphatic carbocycles. The number of benzene rings is 1. The van der Waals surface area contributed by atoms with E-state index < -0.39 is 6.10 Å². The third kappa shape index (κ3) is 5.97. The Morgan fingerprint density at radius 1 is 1.35 bits per heavy atom. The molecule has 0 aromatic heterocycles. The summed E-state index contributed by atoms with van der Waals surface area (Å²) in [7, 11) is 0. The lowest BCUT2D eigenvalue weighted by atomic mass is 10.1. The molecule has 0 radical (unpaired) electrons. The molecule has 7 heteroatoms. The van der Waals surface area contributed by atoms with Crippen molar-refractivity contribution in [2.24, 2.45) is 4.99 Å². The summed E-state index contributed by atoms with van der Waals surface area (Å²) in [6.45, 7) is 6.58. The van der Waals surface area contributed by atoms with Gasteiger partial charge in [0, 0.05) is 36.2 Å². The third-order valence-corrected chi connectivity index (χ3v) is 5.25. The maximum Gasteiger partial charge on any atom is 0.191 e. The van der Waals surface area contributed by atoms with Gasteiger partial charge >= 0.3 is 0 Å². The zero-order chi connectivity index (χ0) is 17.8. The highest BCUT2D eigenvalue weighted by Gasteiger charge is 2.38. The van der Waals surface area contributed by atoms with E-state index in [1.807, 2.05) is 12.1 Å². The van der Waals surface area contributed by atoms with Crippen LogP contribution in [0, 0.1) is 0 Å². The number of hydrogen-bond donors (Lipinski definition) is 3. The van der Waals surface area contributed by atoms with Crippen molar-refractivity contribution in [2.45, 2.75) is 57.3 Å². The maximum atomic E-state index is 10.3. The lowest BCUT2D eigenvalue weighted by Crippen LogP contribution is -2.45. The largest absolute Gasteiger partial charge is 0.386 e. The van der Waals surface area contributed by atoms with E-state index in [0.29, 0.717) is 23.7 Å². The molecule has 3 unspecified atom stereocenters. The zero-order valence-corrected chi connectivity index (χ0v) is 18.6. The quantitative estimate of drug-likeness (QED) is 0.324. The SMILES string of the molecule is CCNC(=NCC(O)c1ccc(Cl)cc1)NC1CC(C)N(C2CC2)C1.I. The summed E-state index contributed by atoms with van der Waals surface area (Å²) in [5.74, 6) is 0.783. The molecule has 1 saturated heterocycles. The highest BCUT2D eigenvalue weighted by Crippen LogP contribution is 2.33. The van der Waals surface area contributed by atoms with Crippen LogP contribution in [-0.4, -0.2) is 53.7 Å². The van der Waals surface area contributed by atoms with Crippen LogP contribution in [0.5, 0.6) is 0 Å². The number of hydrogen-bond acceptors (Lipinski definition) is 3. The molecule has 1 heterocycles. The number of aliphatic imine (C=N–C) groups is 1. The van der Waals surface area contributed by atoms with Gasteiger partial charge in [-0.15, -0.1) is 24.0 Å². The molecular formula is C19H30ClIN4O. The van der Waals surface area contributed by atoms with E-state index in [2.05, 4.69) is 34.4 Å². The second-order valence-corrected chi connectivity index (χ2v) is 7.58. The molecule has 1 aromatic rings. The Kier molecular flexibility index (Phi) is 8.44. The second-order valence-electron chi connectivity index (χ2n) is 7.14. The monoisotopic (exact) mass is 492 g/mol. The molecular weight excluding hydrogens is 463 g/mol. The molecule has 3 N–H and O–H groups in total. The summed E-state index contributed by atoms with van der Waals surface area (Å²) in [6.07, 6.45) is 3.20. The Morgan fingerprint density at radius 3 is 2.65 bits per heavy atom. The number of aliphatic hydroxyl groups excluding tert-OH is 1. The Hall–Kier alpha value is -0.570. The van der Waals surface area contributed by atoms with Gasteiger partial charge in [-0.05, 0) is 50.8 Å². The van der Waals surface area contributed by atoms with Gasteiger partial charge in [0.25, 0.3) is 0 Å². The van der Waals surface area contributed by atoms with Crippen molar-refractivity contribution in [3.8, 4) is 0 Å². The van der Waals surface area contributed by atoms with Crippen LogP contribution in [-0.2, 0) is 0 Å². The van der Waals surface area contributed by atoms with E-state index in [1.165, 1.54) is 12.8 Å². The number of aliphatic hydroxyl groups is 1. The van der Waals surface area contributed by atoms with Crippen LogP contribution in [0.15, 0.2) is 29.3 Å². The van der Waals surface area contributed by atoms with Crippen LogP contribution in [0.25, 0.3) is 0 Å². The summed E-state index contributed by atoms with van der Waals surface area (Å²) in [4.78, 5) is 7.19. The zero-order valence-electron chi connectivity index (χ0n) is 15.5. The molecule has 2 aliphatic rings. The van der Waals surface area contributed by atoms with E-state index in [9.17, 15) is 5.11 Å². The first-order valence-electron chi connectivity index (χ1n) is 9.31. The van der Waals surface area contributed by atoms with Crippen molar-refractivity contribution < 1.29 is 5.11 Å². The minimum absolute atomic E-state index is 0. The highest BCUT2D eigenvalue weighted by atomic mass is 127. The van der Waals surface area contributed by atoms with Crippen molar-refractivity contribution in [1.82, 2.24) is 15.5 Å². The van der Waals surface area contributed by atoms with Crippen molar-refractivity contribution >= 4 is 41.5 Å². The van der Waals surface area contributed by atoms with Crippen molar-refractivity contribution in [1.29, 1.82) is 0 Å². The van der Waals surface area contributed by atoms with Gasteiger partial charge in [-0.2, -0.15) is 0 Å². The minimum atomic E-state index is -0.627. The molecule has 0 bridgehead atoms. The fraction of sp³-hybridized carbons (Fsp3) is 0.632. The van der Waals surface area contributed by atoms with Crippen LogP contribution < -0.4 is 10.6 Å². The predicted molar refractivity (Wildman–Crippen MR) is 119 cm³/mol. The number of likely N-dealkylation sites (tertiary alicyclic amines) is 1. The van der Waals surface area contributed by atoms with Crippen molar-refractivity contribution in [3.05, 3.63) is 34.9 Å². The topological polar surface area (TPSA) is 59.9 Å². The fourth-order valence-electron chi connectivity index (χ4n) is 3.56. The Bertz CT molecular complexity index is 594. The summed E-state index contributed by atoms with van der Waals surface area (Å²) >= 11 is 5.90. The number of nitrogens with zero attached hydrogens (tertiary/aromatic N) is 2. The second kappa shape index (κ2) is 10.1. The van der Waals surface area contributed by atoms with Gasteiger partial charge in [0.1, 0.15) is 0 Å². The van der Waals surface area contributed by atoms with Gasteiger partial charge in [0.2, 0.25) is 0 Å². The minimum Gasteiger partial charge on any atom is -0.386 e. The molecule has 26 heavy (non-hydrogen) atoms. The molecule has 146 valence electrons. The lowest BCUT2D eigenvalue weighted by molar-refractivity contribution is 0.187. The van der Waals surface area contributed by atoms with E-state index in [-0.39, 0.29) is 24.0 Å². The van der Waals surface area contributed by atoms with E-state index in [1.54, 1.807) is 12.1 Å².